The van der Waals surface area contributed by atoms with Crippen LogP contribution in [0.15, 0.2) is 97.1 Å². The van der Waals surface area contributed by atoms with Gasteiger partial charge < -0.3 is 0 Å². The molecular formula is C26H20N2O4Se. The van der Waals surface area contributed by atoms with Crippen molar-refractivity contribution in [1.29, 1.82) is 0 Å². The number of nitro benzene ring substituents is 2. The Labute approximate surface area is 197 Å². The molecule has 0 unspecified atom stereocenters. The van der Waals surface area contributed by atoms with Crippen LogP contribution in [0.25, 0.3) is 0 Å². The van der Waals surface area contributed by atoms with E-state index < -0.39 is 0 Å². The van der Waals surface area contributed by atoms with Crippen LogP contribution in [0.5, 0.6) is 0 Å². The molecule has 0 aliphatic carbocycles. The molecular weight excluding hydrogens is 483 g/mol. The van der Waals surface area contributed by atoms with E-state index in [4.69, 9.17) is 0 Å². The second kappa shape index (κ2) is 10.2. The van der Waals surface area contributed by atoms with E-state index in [2.05, 4.69) is 12.1 Å². The standard InChI is InChI=1S/C26H20N2O4Se/c29-27(30)23-13-5-1-9-19(23)17-21-11-3-7-15-25(21)33-26-16-8-4-12-22(26)18-20-10-2-6-14-24(20)28(31)32/h1-16H,17-18H2. The zero-order valence-electron chi connectivity index (χ0n) is 17.6. The Hall–Kier alpha value is -3.80. The molecule has 0 radical (unpaired) electrons. The van der Waals surface area contributed by atoms with Gasteiger partial charge in [0.2, 0.25) is 0 Å². The molecule has 0 N–H and O–H groups in total. The van der Waals surface area contributed by atoms with Crippen molar-refractivity contribution in [3.8, 4) is 0 Å². The third-order valence-corrected chi connectivity index (χ3v) is 7.90. The fraction of sp³-hybridized carbons (Fsp3) is 0.0769. The summed E-state index contributed by atoms with van der Waals surface area (Å²) in [6, 6.07) is 29.6. The first-order valence-corrected chi connectivity index (χ1v) is 12.0. The van der Waals surface area contributed by atoms with Crippen molar-refractivity contribution in [2.24, 2.45) is 0 Å². The van der Waals surface area contributed by atoms with Crippen LogP contribution >= 0.6 is 0 Å². The Balaban J connectivity index is 1.65. The third kappa shape index (κ3) is 5.34. The fourth-order valence-corrected chi connectivity index (χ4v) is 5.96. The van der Waals surface area contributed by atoms with Gasteiger partial charge in [0, 0.05) is 0 Å². The molecule has 33 heavy (non-hydrogen) atoms. The number of hydrogen-bond donors (Lipinski definition) is 0. The Morgan fingerprint density at radius 2 is 0.848 bits per heavy atom. The minimum atomic E-state index is -0.342. The first-order valence-electron chi connectivity index (χ1n) is 10.3. The van der Waals surface area contributed by atoms with E-state index in [0.29, 0.717) is 24.0 Å². The van der Waals surface area contributed by atoms with Gasteiger partial charge in [0.25, 0.3) is 0 Å². The topological polar surface area (TPSA) is 86.3 Å². The average molecular weight is 503 g/mol. The molecule has 6 nitrogen and oxygen atoms in total. The molecule has 0 heterocycles. The molecule has 0 spiro atoms. The van der Waals surface area contributed by atoms with Crippen molar-refractivity contribution in [2.75, 3.05) is 0 Å². The normalized spacial score (nSPS) is 10.7. The number of para-hydroxylation sites is 2. The van der Waals surface area contributed by atoms with Gasteiger partial charge in [-0.3, -0.25) is 0 Å². The second-order valence-electron chi connectivity index (χ2n) is 7.44. The molecule has 0 fully saturated rings. The zero-order valence-corrected chi connectivity index (χ0v) is 19.3. The molecule has 0 aliphatic heterocycles. The Morgan fingerprint density at radius 1 is 0.515 bits per heavy atom. The molecule has 7 heteroatoms. The molecule has 4 rings (SSSR count). The van der Waals surface area contributed by atoms with Crippen LogP contribution in [0, 0.1) is 20.2 Å². The first kappa shape index (κ1) is 22.4. The van der Waals surface area contributed by atoms with E-state index >= 15 is 0 Å². The van der Waals surface area contributed by atoms with Gasteiger partial charge in [-0.1, -0.05) is 0 Å². The number of hydrogen-bond acceptors (Lipinski definition) is 4. The maximum atomic E-state index is 11.4. The summed E-state index contributed by atoms with van der Waals surface area (Å²) in [5, 5.41) is 22.9. The van der Waals surface area contributed by atoms with E-state index in [1.54, 1.807) is 24.3 Å². The Kier molecular flexibility index (Phi) is 6.93. The summed E-state index contributed by atoms with van der Waals surface area (Å²) < 4.78 is 2.27. The summed E-state index contributed by atoms with van der Waals surface area (Å²) in [7, 11) is 0. The van der Waals surface area contributed by atoms with Crippen molar-refractivity contribution in [3.63, 3.8) is 0 Å². The number of rotatable bonds is 8. The van der Waals surface area contributed by atoms with E-state index in [1.807, 2.05) is 48.5 Å². The second-order valence-corrected chi connectivity index (χ2v) is 9.72. The van der Waals surface area contributed by atoms with Gasteiger partial charge in [0.1, 0.15) is 0 Å². The number of nitro groups is 2. The summed E-state index contributed by atoms with van der Waals surface area (Å²) >= 11 is -0.0691. The van der Waals surface area contributed by atoms with Crippen LogP contribution in [-0.2, 0) is 12.8 Å². The van der Waals surface area contributed by atoms with Crippen LogP contribution in [0.4, 0.5) is 11.4 Å². The van der Waals surface area contributed by atoms with E-state index in [1.165, 1.54) is 12.1 Å². The van der Waals surface area contributed by atoms with Gasteiger partial charge in [-0.2, -0.15) is 0 Å². The summed E-state index contributed by atoms with van der Waals surface area (Å²) in [5.41, 5.74) is 3.70. The van der Waals surface area contributed by atoms with Gasteiger partial charge in [0.05, 0.1) is 0 Å². The van der Waals surface area contributed by atoms with Gasteiger partial charge >= 0.3 is 197 Å². The van der Waals surface area contributed by atoms with Crippen molar-refractivity contribution >= 4 is 35.3 Å². The Bertz CT molecular complexity index is 1220. The summed E-state index contributed by atoms with van der Waals surface area (Å²) in [6.45, 7) is 0. The summed E-state index contributed by atoms with van der Waals surface area (Å²) in [5.74, 6) is 0. The monoisotopic (exact) mass is 504 g/mol. The zero-order chi connectivity index (χ0) is 23.2. The van der Waals surface area contributed by atoms with Crippen LogP contribution in [0.1, 0.15) is 22.3 Å². The predicted octanol–water partition coefficient (Wildman–Crippen LogP) is 4.34. The number of benzene rings is 4. The fourth-order valence-electron chi connectivity index (χ4n) is 3.70. The first-order chi connectivity index (χ1) is 16.0. The molecule has 0 aromatic heterocycles. The molecule has 0 amide bonds. The Morgan fingerprint density at radius 3 is 1.24 bits per heavy atom. The molecule has 164 valence electrons. The van der Waals surface area contributed by atoms with Gasteiger partial charge in [0.15, 0.2) is 0 Å². The van der Waals surface area contributed by atoms with Crippen LogP contribution in [0.3, 0.4) is 0 Å². The molecule has 0 bridgehead atoms. The predicted molar refractivity (Wildman–Crippen MR) is 130 cm³/mol. The quantitative estimate of drug-likeness (QED) is 0.203. The van der Waals surface area contributed by atoms with Crippen molar-refractivity contribution in [3.05, 3.63) is 140 Å². The van der Waals surface area contributed by atoms with Crippen LogP contribution in [-0.4, -0.2) is 24.8 Å². The van der Waals surface area contributed by atoms with Crippen LogP contribution in [0.2, 0.25) is 0 Å². The van der Waals surface area contributed by atoms with Crippen molar-refractivity contribution in [1.82, 2.24) is 0 Å². The summed E-state index contributed by atoms with van der Waals surface area (Å²) in [6.07, 6.45) is 0.947. The number of nitrogens with zero attached hydrogens (tertiary/aromatic N) is 2. The van der Waals surface area contributed by atoms with Gasteiger partial charge in [-0.05, 0) is 0 Å². The van der Waals surface area contributed by atoms with Crippen molar-refractivity contribution in [2.45, 2.75) is 12.8 Å². The minimum absolute atomic E-state index is 0.0691. The van der Waals surface area contributed by atoms with E-state index in [9.17, 15) is 20.2 Å². The molecule has 4 aromatic rings. The molecule has 0 aliphatic rings. The average Bonchev–Trinajstić information content (AvgIpc) is 2.82. The van der Waals surface area contributed by atoms with E-state index in [0.717, 1.165) is 20.1 Å². The molecule has 0 saturated heterocycles. The molecule has 4 aromatic carbocycles. The summed E-state index contributed by atoms with van der Waals surface area (Å²) in [4.78, 5) is 22.2. The van der Waals surface area contributed by atoms with Crippen molar-refractivity contribution < 1.29 is 9.85 Å². The SMILES string of the molecule is O=[N+]([O-])c1ccccc1Cc1ccccc1[Se]c1ccccc1Cc1ccccc1[N+](=O)[O-]. The van der Waals surface area contributed by atoms with Crippen LogP contribution < -0.4 is 8.92 Å². The van der Waals surface area contributed by atoms with Gasteiger partial charge in [-0.25, -0.2) is 0 Å². The van der Waals surface area contributed by atoms with E-state index in [-0.39, 0.29) is 36.2 Å². The maximum absolute atomic E-state index is 11.4. The van der Waals surface area contributed by atoms with Gasteiger partial charge in [-0.15, -0.1) is 0 Å². The molecule has 0 saturated carbocycles. The third-order valence-electron chi connectivity index (χ3n) is 5.30. The molecule has 0 atom stereocenters.